The van der Waals surface area contributed by atoms with Crippen LogP contribution in [0.25, 0.3) is 0 Å². The summed E-state index contributed by atoms with van der Waals surface area (Å²) in [5.41, 5.74) is 0. The second-order valence-corrected chi connectivity index (χ2v) is 5.98. The molecular formula is C15H27N3. The first kappa shape index (κ1) is 13.6. The summed E-state index contributed by atoms with van der Waals surface area (Å²) in [6, 6.07) is 0. The van der Waals surface area contributed by atoms with Crippen LogP contribution in [0.5, 0.6) is 0 Å². The van der Waals surface area contributed by atoms with Gasteiger partial charge in [0, 0.05) is 25.4 Å². The van der Waals surface area contributed by atoms with Gasteiger partial charge >= 0.3 is 0 Å². The van der Waals surface area contributed by atoms with E-state index in [4.69, 9.17) is 0 Å². The predicted octanol–water partition coefficient (Wildman–Crippen LogP) is 2.72. The average molecular weight is 249 g/mol. The lowest BCUT2D eigenvalue weighted by Crippen LogP contribution is -2.37. The highest BCUT2D eigenvalue weighted by molar-refractivity contribution is 4.97. The number of rotatable bonds is 7. The molecule has 2 unspecified atom stereocenters. The van der Waals surface area contributed by atoms with Gasteiger partial charge in [-0.15, -0.1) is 0 Å². The highest BCUT2D eigenvalue weighted by Gasteiger charge is 2.31. The van der Waals surface area contributed by atoms with E-state index < -0.39 is 0 Å². The third-order valence-corrected chi connectivity index (χ3v) is 4.12. The summed E-state index contributed by atoms with van der Waals surface area (Å²) in [6.45, 7) is 10.1. The van der Waals surface area contributed by atoms with Crippen molar-refractivity contribution in [1.29, 1.82) is 0 Å². The monoisotopic (exact) mass is 249 g/mol. The van der Waals surface area contributed by atoms with Crippen molar-refractivity contribution in [3.8, 4) is 0 Å². The van der Waals surface area contributed by atoms with Crippen molar-refractivity contribution in [2.24, 2.45) is 17.8 Å². The van der Waals surface area contributed by atoms with Crippen LogP contribution < -0.4 is 5.32 Å². The maximum absolute atomic E-state index is 4.49. The van der Waals surface area contributed by atoms with Crippen molar-refractivity contribution in [1.82, 2.24) is 14.9 Å². The first-order valence-corrected chi connectivity index (χ1v) is 7.41. The molecule has 1 N–H and O–H groups in total. The first-order chi connectivity index (χ1) is 8.70. The van der Waals surface area contributed by atoms with E-state index in [1.165, 1.54) is 25.2 Å². The SMILES string of the molecule is CCn1ccnc1CC1CCC1CNCC(C)C. The van der Waals surface area contributed by atoms with E-state index in [2.05, 4.69) is 41.8 Å². The summed E-state index contributed by atoms with van der Waals surface area (Å²) in [4.78, 5) is 4.49. The molecule has 1 fully saturated rings. The molecule has 3 nitrogen and oxygen atoms in total. The molecule has 3 heteroatoms. The topological polar surface area (TPSA) is 29.9 Å². The first-order valence-electron chi connectivity index (χ1n) is 7.41. The van der Waals surface area contributed by atoms with Gasteiger partial charge < -0.3 is 9.88 Å². The van der Waals surface area contributed by atoms with E-state index in [9.17, 15) is 0 Å². The number of aryl methyl sites for hydroxylation is 1. The van der Waals surface area contributed by atoms with Crippen LogP contribution in [-0.2, 0) is 13.0 Å². The molecule has 1 aliphatic rings. The molecule has 2 rings (SSSR count). The van der Waals surface area contributed by atoms with Crippen LogP contribution in [0.1, 0.15) is 39.4 Å². The van der Waals surface area contributed by atoms with Gasteiger partial charge in [-0.1, -0.05) is 13.8 Å². The van der Waals surface area contributed by atoms with Gasteiger partial charge in [0.05, 0.1) is 0 Å². The van der Waals surface area contributed by atoms with Gasteiger partial charge in [-0.3, -0.25) is 0 Å². The van der Waals surface area contributed by atoms with Crippen molar-refractivity contribution < 1.29 is 0 Å². The quantitative estimate of drug-likeness (QED) is 0.805. The number of nitrogens with zero attached hydrogens (tertiary/aromatic N) is 2. The van der Waals surface area contributed by atoms with Crippen LogP contribution >= 0.6 is 0 Å². The molecule has 18 heavy (non-hydrogen) atoms. The van der Waals surface area contributed by atoms with E-state index in [1.54, 1.807) is 0 Å². The van der Waals surface area contributed by atoms with Crippen molar-refractivity contribution in [2.45, 2.75) is 46.6 Å². The molecule has 0 amide bonds. The normalized spacial score (nSPS) is 23.3. The maximum atomic E-state index is 4.49. The Hall–Kier alpha value is -0.830. The van der Waals surface area contributed by atoms with E-state index in [1.807, 2.05) is 6.20 Å². The molecule has 0 aromatic carbocycles. The van der Waals surface area contributed by atoms with Crippen molar-refractivity contribution in [2.75, 3.05) is 13.1 Å². The molecule has 0 bridgehead atoms. The van der Waals surface area contributed by atoms with Crippen LogP contribution in [0, 0.1) is 17.8 Å². The lowest BCUT2D eigenvalue weighted by atomic mass is 9.71. The van der Waals surface area contributed by atoms with Crippen LogP contribution in [0.3, 0.4) is 0 Å². The van der Waals surface area contributed by atoms with Crippen LogP contribution in [0.2, 0.25) is 0 Å². The smallest absolute Gasteiger partial charge is 0.108 e. The zero-order valence-electron chi connectivity index (χ0n) is 12.0. The molecule has 1 aromatic heterocycles. The molecule has 2 atom stereocenters. The van der Waals surface area contributed by atoms with E-state index >= 15 is 0 Å². The fraction of sp³-hybridized carbons (Fsp3) is 0.800. The van der Waals surface area contributed by atoms with Gasteiger partial charge in [-0.05, 0) is 50.6 Å². The predicted molar refractivity (Wildman–Crippen MR) is 75.5 cm³/mol. The standard InChI is InChI=1S/C15H27N3/c1-4-18-8-7-17-15(18)9-13-5-6-14(13)11-16-10-12(2)3/h7-8,12-14,16H,4-6,9-11H2,1-3H3. The number of hydrogen-bond donors (Lipinski definition) is 1. The zero-order chi connectivity index (χ0) is 13.0. The lowest BCUT2D eigenvalue weighted by molar-refractivity contribution is 0.166. The number of aromatic nitrogens is 2. The van der Waals surface area contributed by atoms with Crippen molar-refractivity contribution in [3.05, 3.63) is 18.2 Å². The second-order valence-electron chi connectivity index (χ2n) is 5.98. The maximum Gasteiger partial charge on any atom is 0.108 e. The van der Waals surface area contributed by atoms with Gasteiger partial charge in [0.15, 0.2) is 0 Å². The highest BCUT2D eigenvalue weighted by atomic mass is 15.1. The van der Waals surface area contributed by atoms with E-state index in [0.717, 1.165) is 37.3 Å². The molecular weight excluding hydrogens is 222 g/mol. The molecule has 0 aliphatic heterocycles. The van der Waals surface area contributed by atoms with Crippen LogP contribution in [0.15, 0.2) is 12.4 Å². The summed E-state index contributed by atoms with van der Waals surface area (Å²) < 4.78 is 2.27. The molecule has 1 aliphatic carbocycles. The Morgan fingerprint density at radius 2 is 2.17 bits per heavy atom. The van der Waals surface area contributed by atoms with Gasteiger partial charge in [0.1, 0.15) is 5.82 Å². The summed E-state index contributed by atoms with van der Waals surface area (Å²) >= 11 is 0. The minimum absolute atomic E-state index is 0.752. The Labute approximate surface area is 111 Å². The summed E-state index contributed by atoms with van der Waals surface area (Å²) in [5, 5.41) is 3.60. The van der Waals surface area contributed by atoms with E-state index in [-0.39, 0.29) is 0 Å². The minimum atomic E-state index is 0.752. The molecule has 102 valence electrons. The summed E-state index contributed by atoms with van der Waals surface area (Å²) in [5.74, 6) is 3.74. The Bertz CT molecular complexity index is 356. The Morgan fingerprint density at radius 1 is 1.39 bits per heavy atom. The van der Waals surface area contributed by atoms with Crippen LogP contribution in [-0.4, -0.2) is 22.6 Å². The molecule has 0 saturated heterocycles. The van der Waals surface area contributed by atoms with Gasteiger partial charge in [0.25, 0.3) is 0 Å². The Kier molecular flexibility index (Phi) is 4.81. The molecule has 0 spiro atoms. The largest absolute Gasteiger partial charge is 0.335 e. The second kappa shape index (κ2) is 6.37. The fourth-order valence-electron chi connectivity index (χ4n) is 2.79. The van der Waals surface area contributed by atoms with Crippen molar-refractivity contribution in [3.63, 3.8) is 0 Å². The average Bonchev–Trinajstić information content (AvgIpc) is 2.77. The third-order valence-electron chi connectivity index (χ3n) is 4.12. The van der Waals surface area contributed by atoms with Gasteiger partial charge in [-0.2, -0.15) is 0 Å². The van der Waals surface area contributed by atoms with Crippen molar-refractivity contribution >= 4 is 0 Å². The molecule has 1 heterocycles. The number of hydrogen-bond acceptors (Lipinski definition) is 2. The Balaban J connectivity index is 1.76. The molecule has 0 radical (unpaired) electrons. The lowest BCUT2D eigenvalue weighted by Gasteiger charge is -2.37. The van der Waals surface area contributed by atoms with E-state index in [0.29, 0.717) is 0 Å². The summed E-state index contributed by atoms with van der Waals surface area (Å²) in [6.07, 6.45) is 7.96. The van der Waals surface area contributed by atoms with Gasteiger partial charge in [-0.25, -0.2) is 4.98 Å². The summed E-state index contributed by atoms with van der Waals surface area (Å²) in [7, 11) is 0. The number of nitrogens with one attached hydrogen (secondary N) is 1. The fourth-order valence-corrected chi connectivity index (χ4v) is 2.79. The minimum Gasteiger partial charge on any atom is -0.335 e. The number of imidazole rings is 1. The van der Waals surface area contributed by atoms with Gasteiger partial charge in [0.2, 0.25) is 0 Å². The third kappa shape index (κ3) is 3.35. The molecule has 1 aromatic rings. The molecule has 1 saturated carbocycles. The Morgan fingerprint density at radius 3 is 2.78 bits per heavy atom. The zero-order valence-corrected chi connectivity index (χ0v) is 12.0. The highest BCUT2D eigenvalue weighted by Crippen LogP contribution is 2.36. The van der Waals surface area contributed by atoms with Crippen LogP contribution in [0.4, 0.5) is 0 Å².